The van der Waals surface area contributed by atoms with Crippen LogP contribution >= 0.6 is 0 Å². The SMILES string of the molecule is [2H]c1c([2H])c(C2c3ccccc3-c3ccc4c(c32)c2ccccc2n4-c2ccccc2)c(C#N)c([2H])c1-c1nc(-c2ccccc2)nc(-c2ccc(-c3ccccc3)cc2)n1. The molecule has 10 aromatic rings. The Bertz CT molecular complexity index is 3400. The fraction of sp³-hybridized carbons (Fsp3) is 0.0189. The van der Waals surface area contributed by atoms with Gasteiger partial charge in [0.15, 0.2) is 17.5 Å². The molecule has 1 unspecified atom stereocenters. The molecule has 0 aliphatic heterocycles. The molecule has 0 radical (unpaired) electrons. The lowest BCUT2D eigenvalue weighted by molar-refractivity contribution is 1.02. The second-order valence-corrected chi connectivity index (χ2v) is 14.4. The predicted molar refractivity (Wildman–Crippen MR) is 233 cm³/mol. The van der Waals surface area contributed by atoms with Crippen molar-refractivity contribution < 1.29 is 4.11 Å². The van der Waals surface area contributed by atoms with E-state index in [0.717, 1.165) is 72.0 Å². The van der Waals surface area contributed by atoms with Gasteiger partial charge in [0.05, 0.1) is 26.8 Å². The van der Waals surface area contributed by atoms with Gasteiger partial charge in [-0.15, -0.1) is 0 Å². The van der Waals surface area contributed by atoms with Gasteiger partial charge in [0, 0.05) is 39.1 Å². The van der Waals surface area contributed by atoms with Gasteiger partial charge in [-0.25, -0.2) is 15.0 Å². The van der Waals surface area contributed by atoms with Gasteiger partial charge in [-0.2, -0.15) is 5.26 Å². The molecule has 0 bridgehead atoms. The number of fused-ring (bicyclic) bond motifs is 7. The molecule has 0 N–H and O–H groups in total. The molecule has 0 spiro atoms. The van der Waals surface area contributed by atoms with Gasteiger partial charge in [-0.1, -0.05) is 164 Å². The van der Waals surface area contributed by atoms with Crippen LogP contribution in [0.1, 0.15) is 32.3 Å². The first-order valence-electron chi connectivity index (χ1n) is 20.7. The molecule has 1 aliphatic carbocycles. The van der Waals surface area contributed by atoms with E-state index in [-0.39, 0.29) is 35.1 Å². The Balaban J connectivity index is 1.14. The molecule has 58 heavy (non-hydrogen) atoms. The highest BCUT2D eigenvalue weighted by Crippen LogP contribution is 2.53. The molecule has 2 heterocycles. The van der Waals surface area contributed by atoms with Crippen molar-refractivity contribution in [3.8, 4) is 68.2 Å². The minimum atomic E-state index is -0.605. The predicted octanol–water partition coefficient (Wildman–Crippen LogP) is 12.7. The van der Waals surface area contributed by atoms with Crippen molar-refractivity contribution in [3.05, 3.63) is 216 Å². The molecule has 5 heteroatoms. The largest absolute Gasteiger partial charge is 0.309 e. The van der Waals surface area contributed by atoms with E-state index in [0.29, 0.717) is 17.2 Å². The Kier molecular flexibility index (Phi) is 7.14. The first-order valence-corrected chi connectivity index (χ1v) is 19.2. The maximum absolute atomic E-state index is 11.1. The third kappa shape index (κ3) is 5.43. The standard InChI is InChI=1S/C53H33N5/c54-33-39-32-38(53-56-51(36-16-6-2-7-17-36)55-52(57-53)37-26-24-35(25-27-37)34-14-4-1-5-15-34)28-29-41(39)48-43-21-11-10-20-42(43)44-30-31-47-49(50(44)48)45-22-12-13-23-46(45)58(47)40-18-8-3-9-19-40/h1-32,48H/i28D,29D,32D. The monoisotopic (exact) mass is 742 g/mol. The number of hydrogen-bond donors (Lipinski definition) is 0. The molecule has 270 valence electrons. The van der Waals surface area contributed by atoms with Crippen LogP contribution in [0.5, 0.6) is 0 Å². The zero-order valence-electron chi connectivity index (χ0n) is 34.1. The quantitative estimate of drug-likeness (QED) is 0.170. The maximum atomic E-state index is 11.1. The van der Waals surface area contributed by atoms with Crippen LogP contribution in [0.15, 0.2) is 194 Å². The number of hydrogen-bond acceptors (Lipinski definition) is 4. The van der Waals surface area contributed by atoms with Crippen molar-refractivity contribution >= 4 is 21.8 Å². The summed E-state index contributed by atoms with van der Waals surface area (Å²) in [6.45, 7) is 0. The van der Waals surface area contributed by atoms with Crippen LogP contribution in [0, 0.1) is 11.3 Å². The van der Waals surface area contributed by atoms with Gasteiger partial charge in [0.2, 0.25) is 0 Å². The molecule has 1 aliphatic rings. The third-order valence-electron chi connectivity index (χ3n) is 11.1. The second kappa shape index (κ2) is 13.7. The van der Waals surface area contributed by atoms with Crippen LogP contribution in [-0.4, -0.2) is 19.5 Å². The topological polar surface area (TPSA) is 67.4 Å². The second-order valence-electron chi connectivity index (χ2n) is 14.4. The Labute approximate surface area is 340 Å². The summed E-state index contributed by atoms with van der Waals surface area (Å²) in [5, 5.41) is 13.1. The highest BCUT2D eigenvalue weighted by atomic mass is 15.0. The van der Waals surface area contributed by atoms with Crippen LogP contribution in [-0.2, 0) is 0 Å². The molecule has 0 saturated carbocycles. The van der Waals surface area contributed by atoms with Crippen LogP contribution in [0.4, 0.5) is 0 Å². The van der Waals surface area contributed by atoms with Crippen molar-refractivity contribution in [2.75, 3.05) is 0 Å². The summed E-state index contributed by atoms with van der Waals surface area (Å²) in [6.07, 6.45) is 0. The molecule has 5 nitrogen and oxygen atoms in total. The van der Waals surface area contributed by atoms with E-state index in [1.54, 1.807) is 0 Å². The molecule has 2 aromatic heterocycles. The summed E-state index contributed by atoms with van der Waals surface area (Å²) < 4.78 is 31.5. The molecule has 11 rings (SSSR count). The zero-order valence-corrected chi connectivity index (χ0v) is 31.1. The highest BCUT2D eigenvalue weighted by molar-refractivity contribution is 6.14. The first kappa shape index (κ1) is 30.3. The Morgan fingerprint density at radius 1 is 0.483 bits per heavy atom. The molecule has 0 fully saturated rings. The van der Waals surface area contributed by atoms with Gasteiger partial charge < -0.3 is 4.57 Å². The van der Waals surface area contributed by atoms with Crippen molar-refractivity contribution in [1.82, 2.24) is 19.5 Å². The van der Waals surface area contributed by atoms with E-state index in [1.165, 1.54) is 0 Å². The number of nitrogens with zero attached hydrogens (tertiary/aromatic N) is 5. The van der Waals surface area contributed by atoms with Crippen LogP contribution in [0.25, 0.3) is 83.9 Å². The molecule has 1 atom stereocenters. The summed E-state index contributed by atoms with van der Waals surface area (Å²) in [5.74, 6) is 0.165. The van der Waals surface area contributed by atoms with Crippen molar-refractivity contribution in [2.45, 2.75) is 5.92 Å². The van der Waals surface area contributed by atoms with Crippen LogP contribution in [0.3, 0.4) is 0 Å². The molecular weight excluding hydrogens is 707 g/mol. The summed E-state index contributed by atoms with van der Waals surface area (Å²) >= 11 is 0. The van der Waals surface area contributed by atoms with Gasteiger partial charge in [-0.3, -0.25) is 0 Å². The zero-order chi connectivity index (χ0) is 41.2. The third-order valence-corrected chi connectivity index (χ3v) is 11.1. The number of aromatic nitrogens is 4. The Morgan fingerprint density at radius 3 is 1.78 bits per heavy atom. The van der Waals surface area contributed by atoms with E-state index >= 15 is 0 Å². The summed E-state index contributed by atoms with van der Waals surface area (Å²) in [6, 6.07) is 60.2. The first-order chi connectivity index (χ1) is 30.0. The Hall–Kier alpha value is -7.94. The number of nitriles is 1. The average Bonchev–Trinajstić information content (AvgIpc) is 3.84. The van der Waals surface area contributed by atoms with Crippen molar-refractivity contribution in [3.63, 3.8) is 0 Å². The fourth-order valence-electron chi connectivity index (χ4n) is 8.53. The normalized spacial score (nSPS) is 13.7. The van der Waals surface area contributed by atoms with E-state index in [4.69, 9.17) is 15.0 Å². The lowest BCUT2D eigenvalue weighted by atomic mass is 9.84. The lowest BCUT2D eigenvalue weighted by Gasteiger charge is -2.18. The molecule has 0 amide bonds. The highest BCUT2D eigenvalue weighted by Gasteiger charge is 2.35. The van der Waals surface area contributed by atoms with Gasteiger partial charge in [0.1, 0.15) is 0 Å². The summed E-state index contributed by atoms with van der Waals surface area (Å²) in [4.78, 5) is 14.6. The molecule has 8 aromatic carbocycles. The van der Waals surface area contributed by atoms with E-state index < -0.39 is 5.92 Å². The Morgan fingerprint density at radius 2 is 1.05 bits per heavy atom. The van der Waals surface area contributed by atoms with E-state index in [2.05, 4.69) is 65.2 Å². The number of benzene rings is 8. The molecule has 0 saturated heterocycles. The molecular formula is C53H33N5. The number of rotatable bonds is 6. The van der Waals surface area contributed by atoms with Gasteiger partial charge in [0.25, 0.3) is 0 Å². The van der Waals surface area contributed by atoms with Crippen molar-refractivity contribution in [1.29, 1.82) is 5.26 Å². The lowest BCUT2D eigenvalue weighted by Crippen LogP contribution is -2.04. The van der Waals surface area contributed by atoms with Crippen molar-refractivity contribution in [2.24, 2.45) is 0 Å². The van der Waals surface area contributed by atoms with Gasteiger partial charge in [-0.05, 0) is 69.3 Å². The minimum absolute atomic E-state index is 0.0115. The smallest absolute Gasteiger partial charge is 0.164 e. The number of para-hydroxylation sites is 2. The van der Waals surface area contributed by atoms with Crippen LogP contribution < -0.4 is 0 Å². The fourth-order valence-corrected chi connectivity index (χ4v) is 8.53. The van der Waals surface area contributed by atoms with E-state index in [9.17, 15) is 9.37 Å². The average molecular weight is 743 g/mol. The minimum Gasteiger partial charge on any atom is -0.309 e. The van der Waals surface area contributed by atoms with E-state index in [1.807, 2.05) is 121 Å². The maximum Gasteiger partial charge on any atom is 0.164 e. The van der Waals surface area contributed by atoms with Crippen LogP contribution in [0.2, 0.25) is 0 Å². The van der Waals surface area contributed by atoms with Gasteiger partial charge >= 0.3 is 0 Å². The summed E-state index contributed by atoms with van der Waals surface area (Å²) in [5.41, 5.74) is 10.8. The summed E-state index contributed by atoms with van der Waals surface area (Å²) in [7, 11) is 0.